The first-order chi connectivity index (χ1) is 7.92. The number of nitrogens with zero attached hydrogens (tertiary/aromatic N) is 2. The van der Waals surface area contributed by atoms with Crippen molar-refractivity contribution in [3.05, 3.63) is 48.5 Å². The molecule has 1 aliphatic heterocycles. The summed E-state index contributed by atoms with van der Waals surface area (Å²) in [5.41, 5.74) is 2.73. The molecule has 3 heteroatoms. The molecule has 1 atom stereocenters. The molecule has 1 N–H and O–H groups in total. The van der Waals surface area contributed by atoms with Crippen molar-refractivity contribution in [1.29, 1.82) is 0 Å². The Morgan fingerprint density at radius 3 is 3.19 bits per heavy atom. The van der Waals surface area contributed by atoms with Gasteiger partial charge in [-0.15, -0.1) is 0 Å². The number of fused-ring (bicyclic) bond motifs is 1. The van der Waals surface area contributed by atoms with Gasteiger partial charge in [-0.1, -0.05) is 18.2 Å². The normalized spacial score (nSPS) is 18.9. The van der Waals surface area contributed by atoms with Crippen molar-refractivity contribution in [2.45, 2.75) is 13.0 Å². The summed E-state index contributed by atoms with van der Waals surface area (Å²) in [6, 6.07) is 8.56. The summed E-state index contributed by atoms with van der Waals surface area (Å²) in [4.78, 5) is 4.07. The van der Waals surface area contributed by atoms with E-state index in [2.05, 4.69) is 39.1 Å². The van der Waals surface area contributed by atoms with Gasteiger partial charge in [0.1, 0.15) is 0 Å². The third kappa shape index (κ3) is 1.81. The zero-order valence-corrected chi connectivity index (χ0v) is 9.13. The molecule has 0 fully saturated rings. The van der Waals surface area contributed by atoms with Crippen LogP contribution in [0, 0.1) is 5.92 Å². The van der Waals surface area contributed by atoms with E-state index < -0.39 is 0 Å². The molecule has 2 heterocycles. The van der Waals surface area contributed by atoms with E-state index in [-0.39, 0.29) is 0 Å². The first-order valence-electron chi connectivity index (χ1n) is 5.69. The molecule has 0 unspecified atom stereocenters. The van der Waals surface area contributed by atoms with Crippen LogP contribution in [-0.4, -0.2) is 16.1 Å². The maximum atomic E-state index is 4.07. The highest BCUT2D eigenvalue weighted by molar-refractivity contribution is 5.53. The molecule has 1 aromatic carbocycles. The van der Waals surface area contributed by atoms with Crippen molar-refractivity contribution in [3.63, 3.8) is 0 Å². The van der Waals surface area contributed by atoms with E-state index >= 15 is 0 Å². The first-order valence-corrected chi connectivity index (χ1v) is 5.69. The van der Waals surface area contributed by atoms with Crippen LogP contribution < -0.4 is 5.32 Å². The molecule has 0 amide bonds. The van der Waals surface area contributed by atoms with Gasteiger partial charge in [0.05, 0.1) is 6.33 Å². The quantitative estimate of drug-likeness (QED) is 0.828. The van der Waals surface area contributed by atoms with E-state index in [1.165, 1.54) is 11.3 Å². The minimum absolute atomic E-state index is 0.657. The molecule has 0 bridgehead atoms. The third-order valence-electron chi connectivity index (χ3n) is 3.14. The fourth-order valence-electron chi connectivity index (χ4n) is 2.33. The summed E-state index contributed by atoms with van der Waals surface area (Å²) in [5, 5.41) is 3.49. The van der Waals surface area contributed by atoms with Crippen molar-refractivity contribution in [3.8, 4) is 0 Å². The van der Waals surface area contributed by atoms with Gasteiger partial charge in [0.25, 0.3) is 0 Å². The summed E-state index contributed by atoms with van der Waals surface area (Å²) in [6.45, 7) is 2.09. The van der Waals surface area contributed by atoms with Crippen LogP contribution in [0.5, 0.6) is 0 Å². The Hall–Kier alpha value is -1.77. The van der Waals surface area contributed by atoms with E-state index in [4.69, 9.17) is 0 Å². The lowest BCUT2D eigenvalue weighted by atomic mass is 9.94. The van der Waals surface area contributed by atoms with Crippen molar-refractivity contribution in [2.75, 3.05) is 11.9 Å². The fraction of sp³-hybridized carbons (Fsp3) is 0.308. The Kier molecular flexibility index (Phi) is 2.37. The number of imidazole rings is 1. The second-order valence-electron chi connectivity index (χ2n) is 4.37. The van der Waals surface area contributed by atoms with Crippen LogP contribution in [0.4, 0.5) is 5.69 Å². The maximum Gasteiger partial charge on any atom is 0.0946 e. The number of aromatic nitrogens is 2. The molecule has 1 aliphatic rings. The van der Waals surface area contributed by atoms with Gasteiger partial charge in [-0.05, 0) is 24.0 Å². The van der Waals surface area contributed by atoms with Crippen LogP contribution in [0.3, 0.4) is 0 Å². The monoisotopic (exact) mass is 213 g/mol. The molecule has 2 aromatic rings. The van der Waals surface area contributed by atoms with Crippen LogP contribution in [0.25, 0.3) is 0 Å². The lowest BCUT2D eigenvalue weighted by Crippen LogP contribution is -2.26. The molecule has 3 rings (SSSR count). The zero-order valence-electron chi connectivity index (χ0n) is 9.13. The zero-order chi connectivity index (χ0) is 10.8. The molecule has 0 radical (unpaired) electrons. The number of hydrogen-bond acceptors (Lipinski definition) is 2. The highest BCUT2D eigenvalue weighted by Gasteiger charge is 2.17. The summed E-state index contributed by atoms with van der Waals surface area (Å²) in [7, 11) is 0. The van der Waals surface area contributed by atoms with Crippen LogP contribution in [0.2, 0.25) is 0 Å². The Morgan fingerprint density at radius 2 is 2.31 bits per heavy atom. The molecule has 0 saturated heterocycles. The summed E-state index contributed by atoms with van der Waals surface area (Å²) in [6.07, 6.45) is 6.91. The molecule has 16 heavy (non-hydrogen) atoms. The molecular formula is C13H15N3. The third-order valence-corrected chi connectivity index (χ3v) is 3.14. The largest absolute Gasteiger partial charge is 0.384 e. The summed E-state index contributed by atoms with van der Waals surface area (Å²) >= 11 is 0. The van der Waals surface area contributed by atoms with Gasteiger partial charge < -0.3 is 9.88 Å². The summed E-state index contributed by atoms with van der Waals surface area (Å²) in [5.74, 6) is 0.657. The van der Waals surface area contributed by atoms with Gasteiger partial charge >= 0.3 is 0 Å². The van der Waals surface area contributed by atoms with E-state index in [1.807, 2.05) is 18.7 Å². The average molecular weight is 213 g/mol. The number of benzene rings is 1. The van der Waals surface area contributed by atoms with Gasteiger partial charge in [0.2, 0.25) is 0 Å². The van der Waals surface area contributed by atoms with Crippen LogP contribution >= 0.6 is 0 Å². The first kappa shape index (κ1) is 9.46. The van der Waals surface area contributed by atoms with Gasteiger partial charge in [-0.25, -0.2) is 4.98 Å². The Morgan fingerprint density at radius 1 is 1.38 bits per heavy atom. The Balaban J connectivity index is 1.73. The van der Waals surface area contributed by atoms with Crippen molar-refractivity contribution in [1.82, 2.24) is 9.55 Å². The standard InChI is InChI=1S/C13H15N3/c1-2-4-13-12(3-1)7-11(8-15-13)9-16-6-5-14-10-16/h1-6,10-11,15H,7-9H2/t11-/m1/s1. The number of anilines is 1. The topological polar surface area (TPSA) is 29.9 Å². The molecule has 1 aromatic heterocycles. The van der Waals surface area contributed by atoms with E-state index in [9.17, 15) is 0 Å². The van der Waals surface area contributed by atoms with E-state index in [0.29, 0.717) is 5.92 Å². The number of rotatable bonds is 2. The second kappa shape index (κ2) is 4.00. The van der Waals surface area contributed by atoms with Gasteiger partial charge in [0, 0.05) is 31.2 Å². The number of para-hydroxylation sites is 1. The van der Waals surface area contributed by atoms with Crippen LogP contribution in [0.15, 0.2) is 43.0 Å². The molecule has 82 valence electrons. The Bertz CT molecular complexity index is 462. The minimum atomic E-state index is 0.657. The fourth-order valence-corrected chi connectivity index (χ4v) is 2.33. The second-order valence-corrected chi connectivity index (χ2v) is 4.37. The van der Waals surface area contributed by atoms with E-state index in [0.717, 1.165) is 19.5 Å². The summed E-state index contributed by atoms with van der Waals surface area (Å²) < 4.78 is 2.15. The van der Waals surface area contributed by atoms with Crippen molar-refractivity contribution in [2.24, 2.45) is 5.92 Å². The smallest absolute Gasteiger partial charge is 0.0946 e. The minimum Gasteiger partial charge on any atom is -0.384 e. The highest BCUT2D eigenvalue weighted by atomic mass is 15.0. The lowest BCUT2D eigenvalue weighted by molar-refractivity contribution is 0.452. The van der Waals surface area contributed by atoms with Gasteiger partial charge in [0.15, 0.2) is 0 Å². The molecule has 0 saturated carbocycles. The van der Waals surface area contributed by atoms with Crippen LogP contribution in [-0.2, 0) is 13.0 Å². The molecule has 0 aliphatic carbocycles. The molecule has 3 nitrogen and oxygen atoms in total. The Labute approximate surface area is 95.1 Å². The van der Waals surface area contributed by atoms with E-state index in [1.54, 1.807) is 0 Å². The molecular weight excluding hydrogens is 198 g/mol. The predicted molar refractivity (Wildman–Crippen MR) is 64.4 cm³/mol. The van der Waals surface area contributed by atoms with Crippen LogP contribution in [0.1, 0.15) is 5.56 Å². The van der Waals surface area contributed by atoms with Crippen molar-refractivity contribution >= 4 is 5.69 Å². The molecule has 0 spiro atoms. The lowest BCUT2D eigenvalue weighted by Gasteiger charge is -2.26. The maximum absolute atomic E-state index is 4.07. The average Bonchev–Trinajstić information content (AvgIpc) is 2.82. The SMILES string of the molecule is c1ccc2c(c1)C[C@@H](Cn1ccnc1)CN2. The van der Waals surface area contributed by atoms with Crippen molar-refractivity contribution < 1.29 is 0 Å². The van der Waals surface area contributed by atoms with Gasteiger partial charge in [-0.3, -0.25) is 0 Å². The number of nitrogens with one attached hydrogen (secondary N) is 1. The van der Waals surface area contributed by atoms with Gasteiger partial charge in [-0.2, -0.15) is 0 Å². The highest BCUT2D eigenvalue weighted by Crippen LogP contribution is 2.24. The predicted octanol–water partition coefficient (Wildman–Crippen LogP) is 2.17. The number of hydrogen-bond donors (Lipinski definition) is 1.